The molecule has 6 heteroatoms. The van der Waals surface area contributed by atoms with E-state index in [1.165, 1.54) is 0 Å². The molecule has 0 amide bonds. The van der Waals surface area contributed by atoms with Crippen molar-refractivity contribution in [2.24, 2.45) is 0 Å². The standard InChI is InChI=1S/C23H26ClN3O2/c1-16-8-9-17(15-19(16)24)22(28)7-4-12-26-13-10-18(11-14-26)27-21-6-3-2-5-20(21)25-23(27)29/h2-3,5-6,8-9,15,18H,4,7,10-14H2,1H3,(H,25,29). The Morgan fingerprint density at radius 3 is 2.69 bits per heavy atom. The van der Waals surface area contributed by atoms with Crippen molar-refractivity contribution in [3.05, 3.63) is 69.1 Å². The van der Waals surface area contributed by atoms with Gasteiger partial charge in [-0.25, -0.2) is 4.79 Å². The van der Waals surface area contributed by atoms with E-state index in [1.807, 2.05) is 47.9 Å². The van der Waals surface area contributed by atoms with Gasteiger partial charge in [-0.3, -0.25) is 9.36 Å². The number of para-hydroxylation sites is 2. The third kappa shape index (κ3) is 4.31. The van der Waals surface area contributed by atoms with E-state index < -0.39 is 0 Å². The van der Waals surface area contributed by atoms with Gasteiger partial charge in [0.05, 0.1) is 11.0 Å². The van der Waals surface area contributed by atoms with Gasteiger partial charge in [0.1, 0.15) is 0 Å². The van der Waals surface area contributed by atoms with E-state index in [-0.39, 0.29) is 17.5 Å². The molecule has 152 valence electrons. The lowest BCUT2D eigenvalue weighted by Gasteiger charge is -2.32. The molecule has 5 nitrogen and oxygen atoms in total. The second-order valence-corrected chi connectivity index (χ2v) is 8.29. The Morgan fingerprint density at radius 1 is 1.17 bits per heavy atom. The quantitative estimate of drug-likeness (QED) is 0.603. The molecule has 0 saturated carbocycles. The zero-order valence-corrected chi connectivity index (χ0v) is 17.4. The van der Waals surface area contributed by atoms with E-state index in [4.69, 9.17) is 11.6 Å². The molecule has 1 fully saturated rings. The predicted octanol–water partition coefficient (Wildman–Crippen LogP) is 4.59. The molecule has 4 rings (SSSR count). The summed E-state index contributed by atoms with van der Waals surface area (Å²) in [6.07, 6.45) is 3.26. The Kier molecular flexibility index (Phi) is 5.88. The van der Waals surface area contributed by atoms with Crippen LogP contribution in [0.3, 0.4) is 0 Å². The van der Waals surface area contributed by atoms with Gasteiger partial charge in [-0.2, -0.15) is 0 Å². The maximum atomic E-state index is 12.4. The zero-order valence-electron chi connectivity index (χ0n) is 16.7. The summed E-state index contributed by atoms with van der Waals surface area (Å²) in [6.45, 7) is 4.73. The van der Waals surface area contributed by atoms with Crippen LogP contribution in [-0.4, -0.2) is 39.9 Å². The lowest BCUT2D eigenvalue weighted by molar-refractivity contribution is 0.0970. The van der Waals surface area contributed by atoms with E-state index in [9.17, 15) is 9.59 Å². The molecule has 2 heterocycles. The van der Waals surface area contributed by atoms with Crippen molar-refractivity contribution in [1.82, 2.24) is 14.5 Å². The van der Waals surface area contributed by atoms with E-state index in [1.54, 1.807) is 6.07 Å². The average Bonchev–Trinajstić information content (AvgIpc) is 3.06. The molecule has 29 heavy (non-hydrogen) atoms. The first-order valence-electron chi connectivity index (χ1n) is 10.2. The molecule has 0 aliphatic carbocycles. The minimum absolute atomic E-state index is 0.0213. The summed E-state index contributed by atoms with van der Waals surface area (Å²) in [7, 11) is 0. The van der Waals surface area contributed by atoms with Crippen molar-refractivity contribution in [1.29, 1.82) is 0 Å². The van der Waals surface area contributed by atoms with E-state index in [2.05, 4.69) is 9.88 Å². The van der Waals surface area contributed by atoms with Crippen LogP contribution in [0.25, 0.3) is 11.0 Å². The highest BCUT2D eigenvalue weighted by Gasteiger charge is 2.23. The van der Waals surface area contributed by atoms with Gasteiger partial charge < -0.3 is 9.88 Å². The van der Waals surface area contributed by atoms with Gasteiger partial charge in [0.15, 0.2) is 5.78 Å². The van der Waals surface area contributed by atoms with Crippen molar-refractivity contribution < 1.29 is 4.79 Å². The molecule has 1 aliphatic heterocycles. The van der Waals surface area contributed by atoms with Gasteiger partial charge in [0, 0.05) is 36.1 Å². The van der Waals surface area contributed by atoms with Crippen LogP contribution in [0.15, 0.2) is 47.3 Å². The number of aromatic amines is 1. The Hall–Kier alpha value is -2.37. The molecular formula is C23H26ClN3O2. The summed E-state index contributed by atoms with van der Waals surface area (Å²) in [4.78, 5) is 30.1. The highest BCUT2D eigenvalue weighted by atomic mass is 35.5. The first-order valence-corrected chi connectivity index (χ1v) is 10.6. The van der Waals surface area contributed by atoms with Gasteiger partial charge in [-0.15, -0.1) is 0 Å². The number of carbonyl (C=O) groups is 1. The highest BCUT2D eigenvalue weighted by molar-refractivity contribution is 6.31. The maximum Gasteiger partial charge on any atom is 0.326 e. The first kappa shape index (κ1) is 19.9. The summed E-state index contributed by atoms with van der Waals surface area (Å²) in [6, 6.07) is 13.6. The van der Waals surface area contributed by atoms with Gasteiger partial charge >= 0.3 is 5.69 Å². The van der Waals surface area contributed by atoms with E-state index in [0.29, 0.717) is 17.0 Å². The van der Waals surface area contributed by atoms with Crippen LogP contribution in [-0.2, 0) is 0 Å². The maximum absolute atomic E-state index is 12.4. The number of rotatable bonds is 6. The number of halogens is 1. The van der Waals surface area contributed by atoms with Crippen molar-refractivity contribution >= 4 is 28.4 Å². The molecule has 1 N–H and O–H groups in total. The SMILES string of the molecule is Cc1ccc(C(=O)CCCN2CCC(n3c(=O)[nH]c4ccccc43)CC2)cc1Cl. The number of piperidine rings is 1. The molecule has 3 aromatic rings. The third-order valence-corrected chi connectivity index (χ3v) is 6.33. The highest BCUT2D eigenvalue weighted by Crippen LogP contribution is 2.25. The number of H-pyrrole nitrogens is 1. The molecule has 1 aromatic heterocycles. The zero-order chi connectivity index (χ0) is 20.4. The van der Waals surface area contributed by atoms with E-state index in [0.717, 1.165) is 55.5 Å². The topological polar surface area (TPSA) is 58.1 Å². The van der Waals surface area contributed by atoms with Crippen LogP contribution in [0.2, 0.25) is 5.02 Å². The molecule has 0 atom stereocenters. The van der Waals surface area contributed by atoms with Crippen molar-refractivity contribution in [3.8, 4) is 0 Å². The number of hydrogen-bond donors (Lipinski definition) is 1. The Labute approximate surface area is 175 Å². The third-order valence-electron chi connectivity index (χ3n) is 5.92. The molecule has 0 radical (unpaired) electrons. The van der Waals surface area contributed by atoms with Crippen LogP contribution in [0, 0.1) is 6.92 Å². The van der Waals surface area contributed by atoms with Gasteiger partial charge in [0.25, 0.3) is 0 Å². The fourth-order valence-electron chi connectivity index (χ4n) is 4.21. The van der Waals surface area contributed by atoms with Crippen molar-refractivity contribution in [3.63, 3.8) is 0 Å². The number of aromatic nitrogens is 2. The summed E-state index contributed by atoms with van der Waals surface area (Å²) in [5.74, 6) is 0.145. The fourth-order valence-corrected chi connectivity index (χ4v) is 4.39. The van der Waals surface area contributed by atoms with Crippen LogP contribution in [0.1, 0.15) is 47.6 Å². The Balaban J connectivity index is 1.29. The molecule has 0 bridgehead atoms. The Bertz CT molecular complexity index is 1080. The molecule has 2 aromatic carbocycles. The van der Waals surface area contributed by atoms with Gasteiger partial charge in [-0.1, -0.05) is 35.9 Å². The lowest BCUT2D eigenvalue weighted by Crippen LogP contribution is -2.37. The largest absolute Gasteiger partial charge is 0.326 e. The molecule has 0 spiro atoms. The summed E-state index contributed by atoms with van der Waals surface area (Å²) < 4.78 is 1.91. The van der Waals surface area contributed by atoms with Crippen molar-refractivity contribution in [2.75, 3.05) is 19.6 Å². The molecule has 0 unspecified atom stereocenters. The second-order valence-electron chi connectivity index (χ2n) is 7.88. The minimum Gasteiger partial charge on any atom is -0.306 e. The van der Waals surface area contributed by atoms with Gasteiger partial charge in [0.2, 0.25) is 0 Å². The number of ketones is 1. The number of Topliss-reactive ketones (excluding diaryl/α,β-unsaturated/α-hetero) is 1. The Morgan fingerprint density at radius 2 is 1.93 bits per heavy atom. The summed E-state index contributed by atoms with van der Waals surface area (Å²) in [5, 5.41) is 0.644. The monoisotopic (exact) mass is 411 g/mol. The van der Waals surface area contributed by atoms with E-state index >= 15 is 0 Å². The molecular weight excluding hydrogens is 386 g/mol. The smallest absolute Gasteiger partial charge is 0.306 e. The number of aryl methyl sites for hydroxylation is 1. The number of fused-ring (bicyclic) bond motifs is 1. The lowest BCUT2D eigenvalue weighted by atomic mass is 10.0. The number of imidazole rings is 1. The molecule has 1 aliphatic rings. The average molecular weight is 412 g/mol. The van der Waals surface area contributed by atoms with Crippen LogP contribution < -0.4 is 5.69 Å². The minimum atomic E-state index is -0.0213. The normalized spacial score (nSPS) is 15.8. The number of likely N-dealkylation sites (tertiary alicyclic amines) is 1. The fraction of sp³-hybridized carbons (Fsp3) is 0.391. The number of hydrogen-bond acceptors (Lipinski definition) is 3. The number of nitrogens with zero attached hydrogens (tertiary/aromatic N) is 2. The predicted molar refractivity (Wildman–Crippen MR) is 117 cm³/mol. The number of carbonyl (C=O) groups excluding carboxylic acids is 1. The van der Waals surface area contributed by atoms with Crippen molar-refractivity contribution in [2.45, 2.75) is 38.6 Å². The second kappa shape index (κ2) is 8.56. The molecule has 1 saturated heterocycles. The van der Waals surface area contributed by atoms with Crippen LogP contribution in [0.5, 0.6) is 0 Å². The summed E-state index contributed by atoms with van der Waals surface area (Å²) in [5.41, 5.74) is 3.54. The van der Waals surface area contributed by atoms with Gasteiger partial charge in [-0.05, 0) is 56.5 Å². The number of benzene rings is 2. The summed E-state index contributed by atoms with van der Waals surface area (Å²) >= 11 is 6.13. The van der Waals surface area contributed by atoms with Crippen LogP contribution >= 0.6 is 11.6 Å². The van der Waals surface area contributed by atoms with Crippen LogP contribution in [0.4, 0.5) is 0 Å². The first-order chi connectivity index (χ1) is 14.0. The number of nitrogens with one attached hydrogen (secondary N) is 1.